The summed E-state index contributed by atoms with van der Waals surface area (Å²) >= 11 is 0. The molecule has 3 nitrogen and oxygen atoms in total. The molecule has 0 bridgehead atoms. The molecule has 3 heteroatoms. The molecule has 2 unspecified atom stereocenters. The molecule has 3 rings (SSSR count). The number of rotatable bonds is 2. The van der Waals surface area contributed by atoms with Gasteiger partial charge in [0.1, 0.15) is 11.9 Å². The van der Waals surface area contributed by atoms with Crippen LogP contribution in [0.2, 0.25) is 0 Å². The summed E-state index contributed by atoms with van der Waals surface area (Å²) in [6.45, 7) is 1.46. The van der Waals surface area contributed by atoms with Crippen LogP contribution in [0.3, 0.4) is 0 Å². The van der Waals surface area contributed by atoms with Crippen molar-refractivity contribution in [3.8, 4) is 5.75 Å². The van der Waals surface area contributed by atoms with Gasteiger partial charge in [0, 0.05) is 25.0 Å². The molecule has 2 aliphatic heterocycles. The summed E-state index contributed by atoms with van der Waals surface area (Å²) in [5.41, 5.74) is 7.40. The highest BCUT2D eigenvalue weighted by Gasteiger charge is 2.36. The standard InChI is InChI=1S/C13H17NO2/c14-13(5-6-15-9-13)8-11-7-10-3-1-2-4-12(10)16-11/h1-4,11H,5-9,14H2. The predicted octanol–water partition coefficient (Wildman–Crippen LogP) is 1.50. The van der Waals surface area contributed by atoms with Crippen LogP contribution in [0.1, 0.15) is 18.4 Å². The Morgan fingerprint density at radius 1 is 1.38 bits per heavy atom. The molecule has 1 aromatic carbocycles. The maximum absolute atomic E-state index is 6.27. The summed E-state index contributed by atoms with van der Waals surface area (Å²) in [4.78, 5) is 0. The molecule has 0 amide bonds. The second kappa shape index (κ2) is 3.75. The number of fused-ring (bicyclic) bond motifs is 1. The number of ether oxygens (including phenoxy) is 2. The van der Waals surface area contributed by atoms with E-state index in [1.54, 1.807) is 0 Å². The Bertz CT molecular complexity index is 360. The van der Waals surface area contributed by atoms with Crippen LogP contribution in [0, 0.1) is 0 Å². The van der Waals surface area contributed by atoms with Crippen molar-refractivity contribution in [2.24, 2.45) is 5.73 Å². The van der Waals surface area contributed by atoms with Crippen molar-refractivity contribution in [1.29, 1.82) is 0 Å². The van der Waals surface area contributed by atoms with E-state index in [0.29, 0.717) is 6.61 Å². The van der Waals surface area contributed by atoms with Crippen molar-refractivity contribution in [1.82, 2.24) is 0 Å². The topological polar surface area (TPSA) is 44.5 Å². The summed E-state index contributed by atoms with van der Waals surface area (Å²) in [5.74, 6) is 1.02. The molecule has 0 radical (unpaired) electrons. The molecule has 2 N–H and O–H groups in total. The zero-order valence-corrected chi connectivity index (χ0v) is 9.32. The highest BCUT2D eigenvalue weighted by atomic mass is 16.5. The molecule has 1 saturated heterocycles. The lowest BCUT2D eigenvalue weighted by molar-refractivity contribution is 0.144. The van der Waals surface area contributed by atoms with E-state index in [1.807, 2.05) is 12.1 Å². The Morgan fingerprint density at radius 3 is 3.00 bits per heavy atom. The van der Waals surface area contributed by atoms with Gasteiger partial charge in [-0.15, -0.1) is 0 Å². The number of para-hydroxylation sites is 1. The second-order valence-corrected chi connectivity index (χ2v) is 4.92. The van der Waals surface area contributed by atoms with E-state index in [4.69, 9.17) is 15.2 Å². The van der Waals surface area contributed by atoms with Crippen LogP contribution in [-0.4, -0.2) is 24.9 Å². The molecule has 2 atom stereocenters. The zero-order valence-electron chi connectivity index (χ0n) is 9.32. The molecule has 0 saturated carbocycles. The monoisotopic (exact) mass is 219 g/mol. The van der Waals surface area contributed by atoms with Crippen molar-refractivity contribution in [3.63, 3.8) is 0 Å². The van der Waals surface area contributed by atoms with Crippen LogP contribution < -0.4 is 10.5 Å². The van der Waals surface area contributed by atoms with Gasteiger partial charge < -0.3 is 15.2 Å². The van der Waals surface area contributed by atoms with Crippen LogP contribution >= 0.6 is 0 Å². The van der Waals surface area contributed by atoms with Crippen LogP contribution in [-0.2, 0) is 11.2 Å². The van der Waals surface area contributed by atoms with Crippen LogP contribution in [0.25, 0.3) is 0 Å². The van der Waals surface area contributed by atoms with E-state index in [0.717, 1.165) is 31.6 Å². The zero-order chi connectivity index (χ0) is 11.0. The normalized spacial score (nSPS) is 32.4. The minimum Gasteiger partial charge on any atom is -0.490 e. The maximum Gasteiger partial charge on any atom is 0.123 e. The average molecular weight is 219 g/mol. The van der Waals surface area contributed by atoms with Crippen LogP contribution in [0.4, 0.5) is 0 Å². The van der Waals surface area contributed by atoms with E-state index < -0.39 is 0 Å². The van der Waals surface area contributed by atoms with Crippen molar-refractivity contribution >= 4 is 0 Å². The summed E-state index contributed by atoms with van der Waals surface area (Å²) in [6.07, 6.45) is 3.05. The molecule has 0 aliphatic carbocycles. The number of hydrogen-bond acceptors (Lipinski definition) is 3. The molecule has 2 heterocycles. The van der Waals surface area contributed by atoms with Gasteiger partial charge >= 0.3 is 0 Å². The van der Waals surface area contributed by atoms with E-state index in [-0.39, 0.29) is 11.6 Å². The Morgan fingerprint density at radius 2 is 2.25 bits per heavy atom. The van der Waals surface area contributed by atoms with Crippen molar-refractivity contribution in [2.45, 2.75) is 30.9 Å². The Hall–Kier alpha value is -1.06. The number of benzene rings is 1. The first-order valence-corrected chi connectivity index (χ1v) is 5.86. The molecule has 86 valence electrons. The van der Waals surface area contributed by atoms with Crippen molar-refractivity contribution in [2.75, 3.05) is 13.2 Å². The van der Waals surface area contributed by atoms with Crippen molar-refractivity contribution < 1.29 is 9.47 Å². The third-order valence-electron chi connectivity index (χ3n) is 3.48. The summed E-state index contributed by atoms with van der Waals surface area (Å²) in [6, 6.07) is 8.23. The second-order valence-electron chi connectivity index (χ2n) is 4.92. The fraction of sp³-hybridized carbons (Fsp3) is 0.538. The van der Waals surface area contributed by atoms with E-state index in [1.165, 1.54) is 5.56 Å². The Labute approximate surface area is 95.5 Å². The highest BCUT2D eigenvalue weighted by molar-refractivity contribution is 5.37. The van der Waals surface area contributed by atoms with E-state index >= 15 is 0 Å². The third kappa shape index (κ3) is 1.81. The highest BCUT2D eigenvalue weighted by Crippen LogP contribution is 2.33. The first-order valence-electron chi connectivity index (χ1n) is 5.86. The van der Waals surface area contributed by atoms with E-state index in [2.05, 4.69) is 12.1 Å². The summed E-state index contributed by atoms with van der Waals surface area (Å²) < 4.78 is 11.3. The predicted molar refractivity (Wildman–Crippen MR) is 61.5 cm³/mol. The third-order valence-corrected chi connectivity index (χ3v) is 3.48. The lowest BCUT2D eigenvalue weighted by atomic mass is 9.91. The van der Waals surface area contributed by atoms with Crippen LogP contribution in [0.15, 0.2) is 24.3 Å². The van der Waals surface area contributed by atoms with Gasteiger partial charge in [0.05, 0.1) is 6.61 Å². The number of hydrogen-bond donors (Lipinski definition) is 1. The molecule has 0 aromatic heterocycles. The fourth-order valence-electron chi connectivity index (χ4n) is 2.61. The summed E-state index contributed by atoms with van der Waals surface area (Å²) in [5, 5.41) is 0. The SMILES string of the molecule is NC1(CC2Cc3ccccc3O2)CCOC1. The van der Waals surface area contributed by atoms with Gasteiger partial charge in [0.15, 0.2) is 0 Å². The largest absolute Gasteiger partial charge is 0.490 e. The molecule has 0 spiro atoms. The summed E-state index contributed by atoms with van der Waals surface area (Å²) in [7, 11) is 0. The minimum atomic E-state index is -0.174. The molecule has 1 aromatic rings. The quantitative estimate of drug-likeness (QED) is 0.819. The minimum absolute atomic E-state index is 0.174. The van der Waals surface area contributed by atoms with Gasteiger partial charge in [0.2, 0.25) is 0 Å². The molecular weight excluding hydrogens is 202 g/mol. The Kier molecular flexibility index (Phi) is 2.37. The molecule has 2 aliphatic rings. The maximum atomic E-state index is 6.27. The van der Waals surface area contributed by atoms with Gasteiger partial charge in [-0.05, 0) is 18.1 Å². The average Bonchev–Trinajstić information content (AvgIpc) is 2.84. The Balaban J connectivity index is 1.68. The van der Waals surface area contributed by atoms with Gasteiger partial charge in [-0.3, -0.25) is 0 Å². The van der Waals surface area contributed by atoms with Gasteiger partial charge in [-0.1, -0.05) is 18.2 Å². The van der Waals surface area contributed by atoms with Crippen molar-refractivity contribution in [3.05, 3.63) is 29.8 Å². The number of nitrogens with two attached hydrogens (primary N) is 1. The lowest BCUT2D eigenvalue weighted by Crippen LogP contribution is -2.44. The first-order chi connectivity index (χ1) is 7.75. The van der Waals surface area contributed by atoms with Crippen LogP contribution in [0.5, 0.6) is 5.75 Å². The van der Waals surface area contributed by atoms with Gasteiger partial charge in [0.25, 0.3) is 0 Å². The molecular formula is C13H17NO2. The fourth-order valence-corrected chi connectivity index (χ4v) is 2.61. The molecule has 16 heavy (non-hydrogen) atoms. The first kappa shape index (κ1) is 10.1. The lowest BCUT2D eigenvalue weighted by Gasteiger charge is -2.25. The smallest absolute Gasteiger partial charge is 0.123 e. The van der Waals surface area contributed by atoms with Gasteiger partial charge in [-0.2, -0.15) is 0 Å². The molecule has 1 fully saturated rings. The van der Waals surface area contributed by atoms with E-state index in [9.17, 15) is 0 Å². The van der Waals surface area contributed by atoms with Gasteiger partial charge in [-0.25, -0.2) is 0 Å².